The third-order valence-electron chi connectivity index (χ3n) is 2.98. The maximum absolute atomic E-state index is 14.1. The Morgan fingerprint density at radius 2 is 1.81 bits per heavy atom. The highest BCUT2D eigenvalue weighted by molar-refractivity contribution is 7.99. The summed E-state index contributed by atoms with van der Waals surface area (Å²) in [6.45, 7) is 0.926. The van der Waals surface area contributed by atoms with Gasteiger partial charge in [-0.2, -0.15) is 0 Å². The van der Waals surface area contributed by atoms with E-state index in [9.17, 15) is 4.39 Å². The summed E-state index contributed by atoms with van der Waals surface area (Å²) in [4.78, 5) is 1.51. The topological polar surface area (TPSA) is 18.5 Å². The smallest absolute Gasteiger partial charge is 0.187 e. The molecule has 1 aliphatic heterocycles. The van der Waals surface area contributed by atoms with Crippen molar-refractivity contribution >= 4 is 35.0 Å². The van der Waals surface area contributed by atoms with Gasteiger partial charge in [0.1, 0.15) is 5.82 Å². The van der Waals surface area contributed by atoms with Crippen LogP contribution < -0.4 is 0 Å². The fraction of sp³-hybridized carbons (Fsp3) is 0.200. The van der Waals surface area contributed by atoms with Crippen LogP contribution in [0.5, 0.6) is 0 Å². The molecule has 0 saturated carbocycles. The predicted molar refractivity (Wildman–Crippen MR) is 81.6 cm³/mol. The van der Waals surface area contributed by atoms with Gasteiger partial charge in [0.05, 0.1) is 23.8 Å². The van der Waals surface area contributed by atoms with Crippen LogP contribution in [0.3, 0.4) is 0 Å². The van der Waals surface area contributed by atoms with Crippen molar-refractivity contribution in [3.05, 3.63) is 57.8 Å². The van der Waals surface area contributed by atoms with E-state index < -0.39 is 6.29 Å². The summed E-state index contributed by atoms with van der Waals surface area (Å²) in [5.74, 6) is -0.350. The summed E-state index contributed by atoms with van der Waals surface area (Å²) in [6, 6.07) is 10.1. The van der Waals surface area contributed by atoms with Crippen LogP contribution in [0.1, 0.15) is 11.9 Å². The molecule has 0 radical (unpaired) electrons. The summed E-state index contributed by atoms with van der Waals surface area (Å²) in [6.07, 6.45) is -0.667. The standard InChI is InChI=1S/C15H11Cl2FO2S/c16-9-4-5-12(10(17)8-9)21-13-3-1-2-11(18)14(13)15-19-6-7-20-15/h1-5,8,15H,6-7H2. The van der Waals surface area contributed by atoms with Gasteiger partial charge in [0.2, 0.25) is 0 Å². The summed E-state index contributed by atoms with van der Waals surface area (Å²) >= 11 is 13.4. The van der Waals surface area contributed by atoms with E-state index in [1.54, 1.807) is 24.3 Å². The average Bonchev–Trinajstić information content (AvgIpc) is 2.96. The van der Waals surface area contributed by atoms with E-state index in [4.69, 9.17) is 32.7 Å². The van der Waals surface area contributed by atoms with Gasteiger partial charge in [-0.25, -0.2) is 4.39 Å². The molecule has 0 amide bonds. The molecule has 21 heavy (non-hydrogen) atoms. The fourth-order valence-electron chi connectivity index (χ4n) is 2.04. The van der Waals surface area contributed by atoms with E-state index >= 15 is 0 Å². The van der Waals surface area contributed by atoms with Crippen molar-refractivity contribution in [3.8, 4) is 0 Å². The highest BCUT2D eigenvalue weighted by atomic mass is 35.5. The third-order valence-corrected chi connectivity index (χ3v) is 4.80. The lowest BCUT2D eigenvalue weighted by molar-refractivity contribution is -0.0484. The van der Waals surface area contributed by atoms with Gasteiger partial charge in [0.15, 0.2) is 6.29 Å². The van der Waals surface area contributed by atoms with E-state index in [2.05, 4.69) is 0 Å². The third kappa shape index (κ3) is 3.35. The molecule has 0 aromatic heterocycles. The molecule has 3 rings (SSSR count). The maximum atomic E-state index is 14.1. The van der Waals surface area contributed by atoms with Crippen molar-refractivity contribution in [2.75, 3.05) is 13.2 Å². The summed E-state index contributed by atoms with van der Waals surface area (Å²) in [5.41, 5.74) is 0.408. The molecule has 0 aliphatic carbocycles. The first kappa shape index (κ1) is 15.1. The highest BCUT2D eigenvalue weighted by Crippen LogP contribution is 2.40. The van der Waals surface area contributed by atoms with Gasteiger partial charge in [-0.3, -0.25) is 0 Å². The second-order valence-electron chi connectivity index (χ2n) is 4.40. The van der Waals surface area contributed by atoms with Gasteiger partial charge >= 0.3 is 0 Å². The van der Waals surface area contributed by atoms with Crippen molar-refractivity contribution in [3.63, 3.8) is 0 Å². The van der Waals surface area contributed by atoms with E-state index in [1.807, 2.05) is 6.07 Å². The Hall–Kier alpha value is -0.780. The highest BCUT2D eigenvalue weighted by Gasteiger charge is 2.25. The summed E-state index contributed by atoms with van der Waals surface area (Å²) in [5, 5.41) is 1.09. The van der Waals surface area contributed by atoms with Gasteiger partial charge in [0.25, 0.3) is 0 Å². The van der Waals surface area contributed by atoms with Crippen LogP contribution in [0.4, 0.5) is 4.39 Å². The maximum Gasteiger partial charge on any atom is 0.187 e. The molecular weight excluding hydrogens is 334 g/mol. The number of benzene rings is 2. The van der Waals surface area contributed by atoms with Crippen LogP contribution in [0.2, 0.25) is 10.0 Å². The molecule has 0 bridgehead atoms. The Balaban J connectivity index is 1.96. The second-order valence-corrected chi connectivity index (χ2v) is 6.33. The van der Waals surface area contributed by atoms with Crippen molar-refractivity contribution in [2.24, 2.45) is 0 Å². The van der Waals surface area contributed by atoms with E-state index in [-0.39, 0.29) is 5.82 Å². The average molecular weight is 345 g/mol. The number of rotatable bonds is 3. The van der Waals surface area contributed by atoms with Crippen LogP contribution in [-0.2, 0) is 9.47 Å². The quantitative estimate of drug-likeness (QED) is 0.749. The first-order valence-electron chi connectivity index (χ1n) is 6.29. The van der Waals surface area contributed by atoms with E-state index in [1.165, 1.54) is 17.8 Å². The molecule has 6 heteroatoms. The first-order valence-corrected chi connectivity index (χ1v) is 7.87. The van der Waals surface area contributed by atoms with E-state index in [0.29, 0.717) is 33.7 Å². The molecule has 1 fully saturated rings. The number of halogens is 3. The lowest BCUT2D eigenvalue weighted by Crippen LogP contribution is -2.03. The molecule has 0 N–H and O–H groups in total. The van der Waals surface area contributed by atoms with Gasteiger partial charge in [-0.15, -0.1) is 0 Å². The van der Waals surface area contributed by atoms with Crippen LogP contribution in [-0.4, -0.2) is 13.2 Å². The second kappa shape index (κ2) is 6.55. The van der Waals surface area contributed by atoms with Crippen LogP contribution in [0.15, 0.2) is 46.2 Å². The van der Waals surface area contributed by atoms with Gasteiger partial charge in [-0.05, 0) is 30.3 Å². The minimum absolute atomic E-state index is 0.350. The van der Waals surface area contributed by atoms with Crippen molar-refractivity contribution in [1.82, 2.24) is 0 Å². The van der Waals surface area contributed by atoms with E-state index in [0.717, 1.165) is 4.90 Å². The van der Waals surface area contributed by atoms with Crippen molar-refractivity contribution < 1.29 is 13.9 Å². The molecule has 2 nitrogen and oxygen atoms in total. The van der Waals surface area contributed by atoms with Crippen LogP contribution in [0.25, 0.3) is 0 Å². The summed E-state index contributed by atoms with van der Waals surface area (Å²) in [7, 11) is 0. The minimum Gasteiger partial charge on any atom is -0.346 e. The molecule has 1 aliphatic rings. The normalized spacial score (nSPS) is 15.6. The van der Waals surface area contributed by atoms with Crippen molar-refractivity contribution in [1.29, 1.82) is 0 Å². The number of ether oxygens (including phenoxy) is 2. The number of hydrogen-bond donors (Lipinski definition) is 0. The molecule has 110 valence electrons. The largest absolute Gasteiger partial charge is 0.346 e. The van der Waals surface area contributed by atoms with Crippen molar-refractivity contribution in [2.45, 2.75) is 16.1 Å². The fourth-order valence-corrected chi connectivity index (χ4v) is 3.54. The SMILES string of the molecule is Fc1cccc(Sc2ccc(Cl)cc2Cl)c1C1OCCO1. The molecule has 1 saturated heterocycles. The molecular formula is C15H11Cl2FO2S. The minimum atomic E-state index is -0.667. The summed E-state index contributed by atoms with van der Waals surface area (Å²) < 4.78 is 25.0. The first-order chi connectivity index (χ1) is 10.1. The van der Waals surface area contributed by atoms with Crippen LogP contribution >= 0.6 is 35.0 Å². The lowest BCUT2D eigenvalue weighted by atomic mass is 10.2. The van der Waals surface area contributed by atoms with Gasteiger partial charge < -0.3 is 9.47 Å². The Morgan fingerprint density at radius 1 is 1.05 bits per heavy atom. The van der Waals surface area contributed by atoms with Gasteiger partial charge in [0, 0.05) is 14.8 Å². The Kier molecular flexibility index (Phi) is 4.72. The zero-order valence-electron chi connectivity index (χ0n) is 10.8. The Labute approximate surface area is 136 Å². The zero-order chi connectivity index (χ0) is 14.8. The van der Waals surface area contributed by atoms with Gasteiger partial charge in [-0.1, -0.05) is 41.0 Å². The number of hydrogen-bond acceptors (Lipinski definition) is 3. The molecule has 0 spiro atoms. The lowest BCUT2D eigenvalue weighted by Gasteiger charge is -2.15. The molecule has 1 heterocycles. The molecule has 2 aromatic rings. The Morgan fingerprint density at radius 3 is 2.52 bits per heavy atom. The van der Waals surface area contributed by atoms with Crippen LogP contribution in [0, 0.1) is 5.82 Å². The zero-order valence-corrected chi connectivity index (χ0v) is 13.1. The Bertz CT molecular complexity index is 660. The molecule has 2 aromatic carbocycles. The monoisotopic (exact) mass is 344 g/mol. The molecule has 0 unspecified atom stereocenters. The molecule has 0 atom stereocenters. The predicted octanol–water partition coefficient (Wildman–Crippen LogP) is 5.33.